The molecule has 0 aliphatic heterocycles. The molecule has 4 nitrogen and oxygen atoms in total. The summed E-state index contributed by atoms with van der Waals surface area (Å²) in [5.74, 6) is -0.836. The molecule has 0 spiro atoms. The first-order valence-electron chi connectivity index (χ1n) is 6.38. The highest BCUT2D eigenvalue weighted by atomic mass is 16.6. The lowest BCUT2D eigenvalue weighted by Crippen LogP contribution is -2.37. The largest absolute Gasteiger partial charge is 0.469 e. The van der Waals surface area contributed by atoms with Crippen molar-refractivity contribution in [1.29, 1.82) is 0 Å². The zero-order chi connectivity index (χ0) is 12.8. The normalized spacial score (nSPS) is 26.1. The van der Waals surface area contributed by atoms with Gasteiger partial charge in [0.2, 0.25) is 0 Å². The minimum absolute atomic E-state index is 0.102. The van der Waals surface area contributed by atoms with Crippen molar-refractivity contribution in [2.75, 3.05) is 7.11 Å². The zero-order valence-electron chi connectivity index (χ0n) is 10.9. The molecule has 3 atom stereocenters. The van der Waals surface area contributed by atoms with Crippen LogP contribution >= 0.6 is 0 Å². The molecular weight excluding hydrogens is 220 g/mol. The molecule has 4 heteroatoms. The van der Waals surface area contributed by atoms with Gasteiger partial charge in [0.25, 0.3) is 0 Å². The predicted molar refractivity (Wildman–Crippen MR) is 63.3 cm³/mol. The summed E-state index contributed by atoms with van der Waals surface area (Å²) < 4.78 is 10.2. The quantitative estimate of drug-likeness (QED) is 0.710. The van der Waals surface area contributed by atoms with Crippen molar-refractivity contribution in [2.45, 2.75) is 52.1 Å². The third-order valence-corrected chi connectivity index (χ3v) is 3.49. The van der Waals surface area contributed by atoms with E-state index < -0.39 is 0 Å². The molecule has 17 heavy (non-hydrogen) atoms. The van der Waals surface area contributed by atoms with Crippen molar-refractivity contribution in [3.8, 4) is 0 Å². The first-order chi connectivity index (χ1) is 8.10. The average molecular weight is 242 g/mol. The van der Waals surface area contributed by atoms with Crippen molar-refractivity contribution in [3.05, 3.63) is 0 Å². The third-order valence-electron chi connectivity index (χ3n) is 3.49. The summed E-state index contributed by atoms with van der Waals surface area (Å²) in [5, 5.41) is 0. The van der Waals surface area contributed by atoms with Crippen molar-refractivity contribution >= 4 is 11.9 Å². The molecule has 98 valence electrons. The van der Waals surface area contributed by atoms with Gasteiger partial charge in [-0.25, -0.2) is 0 Å². The Morgan fingerprint density at radius 2 is 1.94 bits per heavy atom. The Morgan fingerprint density at radius 3 is 2.53 bits per heavy atom. The lowest BCUT2D eigenvalue weighted by molar-refractivity contribution is -0.165. The molecule has 1 saturated carbocycles. The highest BCUT2D eigenvalue weighted by Gasteiger charge is 2.35. The summed E-state index contributed by atoms with van der Waals surface area (Å²) in [4.78, 5) is 23.3. The molecule has 1 rings (SSSR count). The number of rotatable bonds is 4. The summed E-state index contributed by atoms with van der Waals surface area (Å²) in [7, 11) is 1.38. The van der Waals surface area contributed by atoms with Crippen molar-refractivity contribution in [1.82, 2.24) is 0 Å². The number of hydrogen-bond acceptors (Lipinski definition) is 4. The number of carbonyl (C=O) groups excluding carboxylic acids is 2. The van der Waals surface area contributed by atoms with Gasteiger partial charge in [-0.3, -0.25) is 9.59 Å². The Kier molecular flexibility index (Phi) is 5.45. The van der Waals surface area contributed by atoms with Crippen LogP contribution in [0.4, 0.5) is 0 Å². The Bertz CT molecular complexity index is 275. The second-order valence-electron chi connectivity index (χ2n) is 4.70. The van der Waals surface area contributed by atoms with Crippen LogP contribution in [-0.4, -0.2) is 25.2 Å². The van der Waals surface area contributed by atoms with Crippen LogP contribution in [0.15, 0.2) is 0 Å². The average Bonchev–Trinajstić information content (AvgIpc) is 2.37. The van der Waals surface area contributed by atoms with Crippen molar-refractivity contribution < 1.29 is 19.1 Å². The molecule has 1 aliphatic carbocycles. The van der Waals surface area contributed by atoms with Crippen LogP contribution in [0, 0.1) is 11.8 Å². The third kappa shape index (κ3) is 3.72. The van der Waals surface area contributed by atoms with E-state index in [1.165, 1.54) is 7.11 Å². The van der Waals surface area contributed by atoms with Crippen molar-refractivity contribution in [3.63, 3.8) is 0 Å². The Hall–Kier alpha value is -1.06. The summed E-state index contributed by atoms with van der Waals surface area (Å²) in [6.07, 6.45) is 3.99. The predicted octanol–water partition coefficient (Wildman–Crippen LogP) is 2.31. The van der Waals surface area contributed by atoms with Crippen LogP contribution in [0.1, 0.15) is 46.0 Å². The SMILES string of the molecule is CC[C@H](C)C(=O)O[C@@H]1CCCC[C@H]1C(=O)OC. The fraction of sp³-hybridized carbons (Fsp3) is 0.846. The molecule has 0 bridgehead atoms. The molecule has 0 saturated heterocycles. The van der Waals surface area contributed by atoms with Crippen LogP contribution in [0.25, 0.3) is 0 Å². The minimum Gasteiger partial charge on any atom is -0.469 e. The maximum atomic E-state index is 11.7. The van der Waals surface area contributed by atoms with E-state index in [2.05, 4.69) is 0 Å². The Labute approximate surface area is 103 Å². The van der Waals surface area contributed by atoms with Gasteiger partial charge < -0.3 is 9.47 Å². The van der Waals surface area contributed by atoms with E-state index in [9.17, 15) is 9.59 Å². The second-order valence-corrected chi connectivity index (χ2v) is 4.70. The standard InChI is InChI=1S/C13H22O4/c1-4-9(2)12(14)17-11-8-6-5-7-10(11)13(15)16-3/h9-11H,4-8H2,1-3H3/t9-,10+,11+/m0/s1. The molecule has 0 aromatic carbocycles. The van der Waals surface area contributed by atoms with E-state index in [-0.39, 0.29) is 29.9 Å². The van der Waals surface area contributed by atoms with Gasteiger partial charge in [0.1, 0.15) is 6.10 Å². The molecule has 0 radical (unpaired) electrons. The highest BCUT2D eigenvalue weighted by molar-refractivity contribution is 5.75. The van der Waals surface area contributed by atoms with Crippen LogP contribution in [0.5, 0.6) is 0 Å². The number of hydrogen-bond donors (Lipinski definition) is 0. The second kappa shape index (κ2) is 6.62. The van der Waals surface area contributed by atoms with E-state index in [0.29, 0.717) is 0 Å². The molecule has 0 unspecified atom stereocenters. The van der Waals surface area contributed by atoms with Gasteiger partial charge in [-0.05, 0) is 25.7 Å². The topological polar surface area (TPSA) is 52.6 Å². The monoisotopic (exact) mass is 242 g/mol. The Morgan fingerprint density at radius 1 is 1.29 bits per heavy atom. The van der Waals surface area contributed by atoms with Crippen LogP contribution in [0.3, 0.4) is 0 Å². The van der Waals surface area contributed by atoms with E-state index in [1.807, 2.05) is 13.8 Å². The molecular formula is C13H22O4. The van der Waals surface area contributed by atoms with Crippen LogP contribution < -0.4 is 0 Å². The number of methoxy groups -OCH3 is 1. The molecule has 0 N–H and O–H groups in total. The van der Waals surface area contributed by atoms with Gasteiger partial charge in [-0.1, -0.05) is 20.3 Å². The van der Waals surface area contributed by atoms with E-state index >= 15 is 0 Å². The zero-order valence-corrected chi connectivity index (χ0v) is 10.9. The van der Waals surface area contributed by atoms with Gasteiger partial charge in [-0.2, -0.15) is 0 Å². The summed E-state index contributed by atoms with van der Waals surface area (Å²) >= 11 is 0. The number of ether oxygens (including phenoxy) is 2. The molecule has 0 heterocycles. The molecule has 1 fully saturated rings. The lowest BCUT2D eigenvalue weighted by Gasteiger charge is -2.29. The lowest BCUT2D eigenvalue weighted by atomic mass is 9.86. The maximum Gasteiger partial charge on any atom is 0.312 e. The molecule has 1 aliphatic rings. The molecule has 0 aromatic heterocycles. The van der Waals surface area contributed by atoms with Gasteiger partial charge in [0, 0.05) is 0 Å². The first-order valence-corrected chi connectivity index (χ1v) is 6.38. The van der Waals surface area contributed by atoms with Crippen LogP contribution in [0.2, 0.25) is 0 Å². The smallest absolute Gasteiger partial charge is 0.312 e. The molecule has 0 aromatic rings. The number of carbonyl (C=O) groups is 2. The van der Waals surface area contributed by atoms with Crippen molar-refractivity contribution in [2.24, 2.45) is 11.8 Å². The summed E-state index contributed by atoms with van der Waals surface area (Å²) in [6, 6.07) is 0. The highest BCUT2D eigenvalue weighted by Crippen LogP contribution is 2.28. The van der Waals surface area contributed by atoms with Gasteiger partial charge in [-0.15, -0.1) is 0 Å². The first kappa shape index (κ1) is 14.0. The molecule has 0 amide bonds. The summed E-state index contributed by atoms with van der Waals surface area (Å²) in [5.41, 5.74) is 0. The summed E-state index contributed by atoms with van der Waals surface area (Å²) in [6.45, 7) is 3.79. The minimum atomic E-state index is -0.294. The van der Waals surface area contributed by atoms with Crippen LogP contribution in [-0.2, 0) is 19.1 Å². The Balaban J connectivity index is 2.59. The van der Waals surface area contributed by atoms with E-state index in [1.54, 1.807) is 0 Å². The van der Waals surface area contributed by atoms with Gasteiger partial charge >= 0.3 is 11.9 Å². The van der Waals surface area contributed by atoms with Gasteiger partial charge in [0.05, 0.1) is 18.9 Å². The van der Waals surface area contributed by atoms with E-state index in [4.69, 9.17) is 9.47 Å². The van der Waals surface area contributed by atoms with Gasteiger partial charge in [0.15, 0.2) is 0 Å². The number of esters is 2. The fourth-order valence-electron chi connectivity index (χ4n) is 2.09. The fourth-order valence-corrected chi connectivity index (χ4v) is 2.09. The van der Waals surface area contributed by atoms with E-state index in [0.717, 1.165) is 32.1 Å². The maximum absolute atomic E-state index is 11.7.